The van der Waals surface area contributed by atoms with Gasteiger partial charge in [-0.25, -0.2) is 0 Å². The van der Waals surface area contributed by atoms with Crippen LogP contribution in [-0.4, -0.2) is 15.0 Å². The van der Waals surface area contributed by atoms with Gasteiger partial charge in [-0.05, 0) is 30.7 Å². The van der Waals surface area contributed by atoms with Crippen LogP contribution < -0.4 is 0 Å². The lowest BCUT2D eigenvalue weighted by Gasteiger charge is -2.06. The smallest absolute Gasteiger partial charge is 0.173 e. The molecule has 2 aromatic rings. The molecule has 2 rings (SSSR count). The Morgan fingerprint density at radius 1 is 1.10 bits per heavy atom. The van der Waals surface area contributed by atoms with Crippen LogP contribution in [0.2, 0.25) is 0 Å². The van der Waals surface area contributed by atoms with Gasteiger partial charge in [0.1, 0.15) is 0 Å². The van der Waals surface area contributed by atoms with Crippen molar-refractivity contribution in [3.05, 3.63) is 41.2 Å². The molecule has 0 amide bonds. The molecule has 0 unspecified atom stereocenters. The van der Waals surface area contributed by atoms with Crippen LogP contribution in [0.3, 0.4) is 0 Å². The zero-order valence-corrected chi connectivity index (χ0v) is 11.7. The summed E-state index contributed by atoms with van der Waals surface area (Å²) >= 11 is 4.19. The van der Waals surface area contributed by atoms with Gasteiger partial charge < -0.3 is 0 Å². The number of hydrogen-bond acceptors (Lipinski definition) is 3. The van der Waals surface area contributed by atoms with E-state index < -0.39 is 11.7 Å². The van der Waals surface area contributed by atoms with E-state index in [-0.39, 0.29) is 0 Å². The Kier molecular flexibility index (Phi) is 4.37. The average molecular weight is 301 g/mol. The van der Waals surface area contributed by atoms with Crippen LogP contribution in [0.25, 0.3) is 5.69 Å². The van der Waals surface area contributed by atoms with Crippen molar-refractivity contribution < 1.29 is 13.2 Å². The van der Waals surface area contributed by atoms with Crippen molar-refractivity contribution in [1.29, 1.82) is 0 Å². The molecule has 1 aromatic carbocycles. The molecule has 3 nitrogen and oxygen atoms in total. The predicted octanol–water partition coefficient (Wildman–Crippen LogP) is 3.67. The van der Waals surface area contributed by atoms with Crippen molar-refractivity contribution in [1.82, 2.24) is 15.0 Å². The van der Waals surface area contributed by atoms with Crippen LogP contribution in [0.4, 0.5) is 13.2 Å². The number of rotatable bonds is 4. The van der Waals surface area contributed by atoms with E-state index in [2.05, 4.69) is 22.8 Å². The molecule has 0 bridgehead atoms. The largest absolute Gasteiger partial charge is 0.416 e. The van der Waals surface area contributed by atoms with Crippen LogP contribution in [0.1, 0.15) is 30.3 Å². The molecular formula is C13H14F3N3S. The topological polar surface area (TPSA) is 30.7 Å². The summed E-state index contributed by atoms with van der Waals surface area (Å²) in [5.41, 5.74) is 1.41. The molecule has 20 heavy (non-hydrogen) atoms. The monoisotopic (exact) mass is 301 g/mol. The maximum atomic E-state index is 12.5. The first-order valence-electron chi connectivity index (χ1n) is 6.19. The van der Waals surface area contributed by atoms with Crippen LogP contribution in [0, 0.1) is 0 Å². The molecule has 0 saturated heterocycles. The molecule has 108 valence electrons. The number of hydrogen-bond donors (Lipinski definition) is 1. The first-order valence-corrected chi connectivity index (χ1v) is 6.82. The number of aromatic nitrogens is 3. The number of halogens is 3. The fourth-order valence-electron chi connectivity index (χ4n) is 1.82. The van der Waals surface area contributed by atoms with Crippen LogP contribution in [0.15, 0.2) is 24.3 Å². The second-order valence-corrected chi connectivity index (χ2v) is 4.65. The first kappa shape index (κ1) is 14.9. The summed E-state index contributed by atoms with van der Waals surface area (Å²) in [5.74, 6) is 0.454. The molecule has 1 aromatic heterocycles. The molecule has 0 spiro atoms. The van der Waals surface area contributed by atoms with Crippen molar-refractivity contribution >= 4 is 12.6 Å². The van der Waals surface area contributed by atoms with E-state index >= 15 is 0 Å². The van der Waals surface area contributed by atoms with Crippen molar-refractivity contribution in [3.63, 3.8) is 0 Å². The Balaban J connectivity index is 2.32. The normalized spacial score (nSPS) is 11.8. The highest BCUT2D eigenvalue weighted by Crippen LogP contribution is 2.29. The molecule has 7 heteroatoms. The number of thiol groups is 1. The standard InChI is InChI=1S/C13H14F3N3S/c1-2-3-11-12(8-20)18-19(17-11)10-6-4-9(5-7-10)13(14,15)16/h4-7,20H,2-3,8H2,1H3. The summed E-state index contributed by atoms with van der Waals surface area (Å²) < 4.78 is 37.5. The fraction of sp³-hybridized carbons (Fsp3) is 0.385. The SMILES string of the molecule is CCCc1nn(-c2ccc(C(F)(F)F)cc2)nc1CS. The van der Waals surface area contributed by atoms with Gasteiger partial charge >= 0.3 is 6.18 Å². The van der Waals surface area contributed by atoms with Gasteiger partial charge in [0, 0.05) is 5.75 Å². The summed E-state index contributed by atoms with van der Waals surface area (Å²) in [6.07, 6.45) is -2.64. The Morgan fingerprint density at radius 3 is 2.20 bits per heavy atom. The number of aryl methyl sites for hydroxylation is 1. The highest BCUT2D eigenvalue weighted by Gasteiger charge is 2.30. The zero-order valence-electron chi connectivity index (χ0n) is 10.9. The Morgan fingerprint density at radius 2 is 1.70 bits per heavy atom. The summed E-state index contributed by atoms with van der Waals surface area (Å²) in [6, 6.07) is 4.78. The maximum Gasteiger partial charge on any atom is 0.416 e. The average Bonchev–Trinajstić information content (AvgIpc) is 2.81. The predicted molar refractivity (Wildman–Crippen MR) is 73.0 cm³/mol. The number of alkyl halides is 3. The zero-order chi connectivity index (χ0) is 14.8. The summed E-state index contributed by atoms with van der Waals surface area (Å²) in [6.45, 7) is 2.03. The molecule has 0 aliphatic carbocycles. The molecular weight excluding hydrogens is 287 g/mol. The Hall–Kier alpha value is -1.50. The third kappa shape index (κ3) is 3.15. The Labute approximate surface area is 120 Å². The van der Waals surface area contributed by atoms with Gasteiger partial charge in [-0.2, -0.15) is 40.8 Å². The number of benzene rings is 1. The van der Waals surface area contributed by atoms with Gasteiger partial charge in [0.25, 0.3) is 0 Å². The van der Waals surface area contributed by atoms with Crippen LogP contribution in [-0.2, 0) is 18.3 Å². The fourth-order valence-corrected chi connectivity index (χ4v) is 2.07. The lowest BCUT2D eigenvalue weighted by molar-refractivity contribution is -0.137. The van der Waals surface area contributed by atoms with Crippen molar-refractivity contribution in [2.75, 3.05) is 0 Å². The van der Waals surface area contributed by atoms with E-state index in [1.165, 1.54) is 16.9 Å². The minimum absolute atomic E-state index is 0.454. The van der Waals surface area contributed by atoms with Gasteiger partial charge in [0.05, 0.1) is 22.6 Å². The van der Waals surface area contributed by atoms with Gasteiger partial charge in [0.15, 0.2) is 0 Å². The van der Waals surface area contributed by atoms with Gasteiger partial charge in [-0.15, -0.1) is 0 Å². The maximum absolute atomic E-state index is 12.5. The molecule has 0 aliphatic heterocycles. The Bertz CT molecular complexity index is 576. The highest BCUT2D eigenvalue weighted by molar-refractivity contribution is 7.79. The van der Waals surface area contributed by atoms with E-state index in [1.807, 2.05) is 6.92 Å². The van der Waals surface area contributed by atoms with Crippen molar-refractivity contribution in [2.24, 2.45) is 0 Å². The second-order valence-electron chi connectivity index (χ2n) is 4.34. The minimum atomic E-state index is -4.33. The first-order chi connectivity index (χ1) is 9.45. The van der Waals surface area contributed by atoms with Crippen LogP contribution >= 0.6 is 12.6 Å². The van der Waals surface area contributed by atoms with E-state index in [1.54, 1.807) is 0 Å². The van der Waals surface area contributed by atoms with Gasteiger partial charge in [0.2, 0.25) is 0 Å². The summed E-state index contributed by atoms with van der Waals surface area (Å²) in [4.78, 5) is 1.36. The summed E-state index contributed by atoms with van der Waals surface area (Å²) in [5, 5.41) is 8.57. The third-order valence-electron chi connectivity index (χ3n) is 2.83. The highest BCUT2D eigenvalue weighted by atomic mass is 32.1. The van der Waals surface area contributed by atoms with Gasteiger partial charge in [-0.1, -0.05) is 13.3 Å². The molecule has 1 heterocycles. The van der Waals surface area contributed by atoms with Crippen molar-refractivity contribution in [2.45, 2.75) is 31.7 Å². The molecule has 0 aliphatic rings. The minimum Gasteiger partial charge on any atom is -0.173 e. The van der Waals surface area contributed by atoms with E-state index in [4.69, 9.17) is 0 Å². The molecule has 0 N–H and O–H groups in total. The lowest BCUT2D eigenvalue weighted by atomic mass is 10.2. The van der Waals surface area contributed by atoms with E-state index in [9.17, 15) is 13.2 Å². The lowest BCUT2D eigenvalue weighted by Crippen LogP contribution is -2.06. The molecule has 0 fully saturated rings. The second kappa shape index (κ2) is 5.87. The van der Waals surface area contributed by atoms with E-state index in [0.29, 0.717) is 11.4 Å². The quantitative estimate of drug-likeness (QED) is 0.874. The molecule has 0 radical (unpaired) electrons. The van der Waals surface area contributed by atoms with E-state index in [0.717, 1.165) is 36.4 Å². The number of nitrogens with zero attached hydrogens (tertiary/aromatic N) is 3. The summed E-state index contributed by atoms with van der Waals surface area (Å²) in [7, 11) is 0. The van der Waals surface area contributed by atoms with Crippen molar-refractivity contribution in [3.8, 4) is 5.69 Å². The van der Waals surface area contributed by atoms with Gasteiger partial charge in [-0.3, -0.25) is 0 Å². The third-order valence-corrected chi connectivity index (χ3v) is 3.13. The molecule has 0 saturated carbocycles. The van der Waals surface area contributed by atoms with Crippen LogP contribution in [0.5, 0.6) is 0 Å². The molecule has 0 atom stereocenters.